The van der Waals surface area contributed by atoms with Gasteiger partial charge in [0.05, 0.1) is 18.4 Å². The monoisotopic (exact) mass is 299 g/mol. The molecule has 0 amide bonds. The molecule has 3 heterocycles. The van der Waals surface area contributed by atoms with Gasteiger partial charge in [0.15, 0.2) is 4.96 Å². The fraction of sp³-hybridized carbons (Fsp3) is 0.312. The lowest BCUT2D eigenvalue weighted by atomic mass is 9.92. The van der Waals surface area contributed by atoms with E-state index >= 15 is 0 Å². The minimum absolute atomic E-state index is 0.0327. The van der Waals surface area contributed by atoms with Gasteiger partial charge in [-0.2, -0.15) is 0 Å². The molecule has 1 aromatic carbocycles. The fourth-order valence-corrected chi connectivity index (χ4v) is 3.72. The van der Waals surface area contributed by atoms with Crippen LogP contribution in [0.3, 0.4) is 0 Å². The highest BCUT2D eigenvalue weighted by atomic mass is 32.1. The van der Waals surface area contributed by atoms with Crippen LogP contribution in [0.15, 0.2) is 42.0 Å². The van der Waals surface area contributed by atoms with E-state index in [1.54, 1.807) is 11.3 Å². The van der Waals surface area contributed by atoms with E-state index in [-0.39, 0.29) is 12.1 Å². The van der Waals surface area contributed by atoms with Gasteiger partial charge in [-0.25, -0.2) is 4.98 Å². The molecule has 0 aliphatic carbocycles. The number of imidazole rings is 1. The molecule has 1 aliphatic rings. The molecule has 0 bridgehead atoms. The summed E-state index contributed by atoms with van der Waals surface area (Å²) in [6, 6.07) is 8.36. The zero-order valence-corrected chi connectivity index (χ0v) is 12.4. The van der Waals surface area contributed by atoms with Gasteiger partial charge in [-0.05, 0) is 17.5 Å². The molecule has 0 saturated heterocycles. The minimum atomic E-state index is -0.0731. The van der Waals surface area contributed by atoms with Crippen LogP contribution >= 0.6 is 11.3 Å². The second-order valence-electron chi connectivity index (χ2n) is 5.43. The molecule has 21 heavy (non-hydrogen) atoms. The van der Waals surface area contributed by atoms with Crippen LogP contribution in [0.4, 0.5) is 0 Å². The van der Waals surface area contributed by atoms with Crippen molar-refractivity contribution >= 4 is 16.3 Å². The van der Waals surface area contributed by atoms with Crippen LogP contribution in [0.25, 0.3) is 4.96 Å². The molecule has 5 heteroatoms. The van der Waals surface area contributed by atoms with E-state index in [0.29, 0.717) is 0 Å². The molecule has 4 nitrogen and oxygen atoms in total. The van der Waals surface area contributed by atoms with E-state index in [9.17, 15) is 0 Å². The Kier molecular flexibility index (Phi) is 3.25. The zero-order valence-electron chi connectivity index (χ0n) is 11.6. The maximum atomic E-state index is 6.42. The van der Waals surface area contributed by atoms with E-state index < -0.39 is 0 Å². The molecule has 1 aliphatic heterocycles. The summed E-state index contributed by atoms with van der Waals surface area (Å²) in [6.07, 6.45) is 5.75. The first-order chi connectivity index (χ1) is 10.3. The summed E-state index contributed by atoms with van der Waals surface area (Å²) >= 11 is 1.64. The number of ether oxygens (including phenoxy) is 1. The standard InChI is InChI=1S/C16H17N3OS/c17-14(9-12-10-19-6-8-21-16(19)18-12)15-13-4-2-1-3-11(13)5-7-20-15/h1-4,6,8,10,14-15H,5,7,9,17H2. The van der Waals surface area contributed by atoms with Gasteiger partial charge >= 0.3 is 0 Å². The summed E-state index contributed by atoms with van der Waals surface area (Å²) in [6.45, 7) is 0.744. The molecule has 3 aromatic rings. The zero-order chi connectivity index (χ0) is 14.2. The van der Waals surface area contributed by atoms with Crippen LogP contribution in [-0.4, -0.2) is 22.0 Å². The first kappa shape index (κ1) is 13.0. The summed E-state index contributed by atoms with van der Waals surface area (Å²) in [4.78, 5) is 5.63. The molecule has 0 fully saturated rings. The Morgan fingerprint density at radius 2 is 2.33 bits per heavy atom. The number of aromatic nitrogens is 2. The van der Waals surface area contributed by atoms with Crippen molar-refractivity contribution in [1.29, 1.82) is 0 Å². The Morgan fingerprint density at radius 1 is 1.43 bits per heavy atom. The number of hydrogen-bond acceptors (Lipinski definition) is 4. The molecular weight excluding hydrogens is 282 g/mol. The lowest BCUT2D eigenvalue weighted by Gasteiger charge is -2.30. The number of thiazole rings is 1. The van der Waals surface area contributed by atoms with Crippen molar-refractivity contribution in [1.82, 2.24) is 9.38 Å². The third kappa shape index (κ3) is 2.37. The molecule has 2 unspecified atom stereocenters. The van der Waals surface area contributed by atoms with Crippen LogP contribution in [0.2, 0.25) is 0 Å². The first-order valence-electron chi connectivity index (χ1n) is 7.17. The number of fused-ring (bicyclic) bond motifs is 2. The summed E-state index contributed by atoms with van der Waals surface area (Å²) in [5, 5.41) is 2.03. The molecule has 4 rings (SSSR count). The van der Waals surface area contributed by atoms with Gasteiger partial charge in [0.1, 0.15) is 0 Å². The molecule has 0 saturated carbocycles. The Bertz CT molecular complexity index is 735. The third-order valence-electron chi connectivity index (χ3n) is 4.01. The topological polar surface area (TPSA) is 52.5 Å². The Hall–Kier alpha value is -1.69. The average Bonchev–Trinajstić information content (AvgIpc) is 3.07. The van der Waals surface area contributed by atoms with Crippen molar-refractivity contribution in [2.75, 3.05) is 6.61 Å². The lowest BCUT2D eigenvalue weighted by Crippen LogP contribution is -2.35. The van der Waals surface area contributed by atoms with Gasteiger partial charge < -0.3 is 10.5 Å². The Labute approximate surface area is 127 Å². The van der Waals surface area contributed by atoms with Crippen molar-refractivity contribution in [2.45, 2.75) is 25.0 Å². The van der Waals surface area contributed by atoms with Crippen LogP contribution < -0.4 is 5.73 Å². The number of benzene rings is 1. The van der Waals surface area contributed by atoms with E-state index in [2.05, 4.69) is 35.4 Å². The molecule has 0 spiro atoms. The summed E-state index contributed by atoms with van der Waals surface area (Å²) in [7, 11) is 0. The van der Waals surface area contributed by atoms with Crippen molar-refractivity contribution in [3.63, 3.8) is 0 Å². The van der Waals surface area contributed by atoms with Crippen LogP contribution in [0.1, 0.15) is 22.9 Å². The number of rotatable bonds is 3. The Balaban J connectivity index is 1.57. The van der Waals surface area contributed by atoms with Crippen molar-refractivity contribution in [2.24, 2.45) is 5.73 Å². The van der Waals surface area contributed by atoms with Gasteiger partial charge in [0.2, 0.25) is 0 Å². The fourth-order valence-electron chi connectivity index (χ4n) is 3.00. The summed E-state index contributed by atoms with van der Waals surface area (Å²) < 4.78 is 7.98. The Morgan fingerprint density at radius 3 is 3.24 bits per heavy atom. The second kappa shape index (κ2) is 5.26. The van der Waals surface area contributed by atoms with Gasteiger partial charge in [-0.15, -0.1) is 11.3 Å². The SMILES string of the molecule is NC(Cc1cn2ccsc2n1)C1OCCc2ccccc21. The van der Waals surface area contributed by atoms with Crippen LogP contribution in [0, 0.1) is 0 Å². The van der Waals surface area contributed by atoms with E-state index in [0.717, 1.165) is 30.1 Å². The molecular formula is C16H17N3OS. The second-order valence-corrected chi connectivity index (χ2v) is 6.31. The van der Waals surface area contributed by atoms with Crippen molar-refractivity contribution < 1.29 is 4.74 Å². The van der Waals surface area contributed by atoms with E-state index in [1.165, 1.54) is 11.1 Å². The molecule has 108 valence electrons. The van der Waals surface area contributed by atoms with Crippen LogP contribution in [-0.2, 0) is 17.6 Å². The lowest BCUT2D eigenvalue weighted by molar-refractivity contribution is 0.0244. The van der Waals surface area contributed by atoms with Gasteiger partial charge in [0, 0.05) is 30.2 Å². The smallest absolute Gasteiger partial charge is 0.193 e. The molecule has 2 N–H and O–H groups in total. The largest absolute Gasteiger partial charge is 0.372 e. The summed E-state index contributed by atoms with van der Waals surface area (Å²) in [5.74, 6) is 0. The average molecular weight is 299 g/mol. The van der Waals surface area contributed by atoms with Crippen LogP contribution in [0.5, 0.6) is 0 Å². The maximum absolute atomic E-state index is 6.42. The number of hydrogen-bond donors (Lipinski definition) is 1. The van der Waals surface area contributed by atoms with E-state index in [1.807, 2.05) is 16.0 Å². The highest BCUT2D eigenvalue weighted by Crippen LogP contribution is 2.30. The quantitative estimate of drug-likeness (QED) is 0.808. The molecule has 2 atom stereocenters. The highest BCUT2D eigenvalue weighted by molar-refractivity contribution is 7.15. The van der Waals surface area contributed by atoms with Gasteiger partial charge in [0.25, 0.3) is 0 Å². The van der Waals surface area contributed by atoms with Gasteiger partial charge in [-0.1, -0.05) is 24.3 Å². The summed E-state index contributed by atoms with van der Waals surface area (Å²) in [5.41, 5.74) is 10.0. The maximum Gasteiger partial charge on any atom is 0.193 e. The predicted molar refractivity (Wildman–Crippen MR) is 83.6 cm³/mol. The number of nitrogens with zero attached hydrogens (tertiary/aromatic N) is 2. The molecule has 2 aromatic heterocycles. The highest BCUT2D eigenvalue weighted by Gasteiger charge is 2.27. The number of nitrogens with two attached hydrogens (primary N) is 1. The third-order valence-corrected chi connectivity index (χ3v) is 4.78. The normalized spacial score (nSPS) is 19.6. The minimum Gasteiger partial charge on any atom is -0.372 e. The van der Waals surface area contributed by atoms with Gasteiger partial charge in [-0.3, -0.25) is 4.40 Å². The first-order valence-corrected chi connectivity index (χ1v) is 8.05. The predicted octanol–water partition coefficient (Wildman–Crippen LogP) is 2.58. The van der Waals surface area contributed by atoms with Crippen molar-refractivity contribution in [3.8, 4) is 0 Å². The van der Waals surface area contributed by atoms with E-state index in [4.69, 9.17) is 10.5 Å². The molecule has 0 radical (unpaired) electrons. The van der Waals surface area contributed by atoms with Crippen molar-refractivity contribution in [3.05, 3.63) is 58.9 Å².